The van der Waals surface area contributed by atoms with Gasteiger partial charge in [-0.25, -0.2) is 0 Å². The summed E-state index contributed by atoms with van der Waals surface area (Å²) in [5.41, 5.74) is 2.95. The Hall–Kier alpha value is -2.39. The van der Waals surface area contributed by atoms with E-state index in [1.54, 1.807) is 18.7 Å². The number of hydrogen-bond acceptors (Lipinski definition) is 3. The summed E-state index contributed by atoms with van der Waals surface area (Å²) in [6.45, 7) is 0.0324. The first kappa shape index (κ1) is 12.6. The first-order chi connectivity index (χ1) is 9.90. The fourth-order valence-electron chi connectivity index (χ4n) is 2.41. The molecule has 0 aromatic heterocycles. The maximum absolute atomic E-state index is 9.80. The lowest BCUT2D eigenvalue weighted by atomic mass is 9.90. The van der Waals surface area contributed by atoms with Gasteiger partial charge in [-0.05, 0) is 11.6 Å². The zero-order valence-corrected chi connectivity index (χ0v) is 10.9. The normalized spacial score (nSPS) is 14.2. The molecule has 3 rings (SSSR count). The average Bonchev–Trinajstić information content (AvgIpc) is 2.75. The molecule has 1 atom stereocenters. The van der Waals surface area contributed by atoms with Crippen molar-refractivity contribution in [2.45, 2.75) is 5.92 Å². The van der Waals surface area contributed by atoms with E-state index in [1.807, 2.05) is 48.5 Å². The number of hydrogen-bond donors (Lipinski definition) is 1. The van der Waals surface area contributed by atoms with Crippen LogP contribution in [0.5, 0.6) is 5.75 Å². The summed E-state index contributed by atoms with van der Waals surface area (Å²) in [4.78, 5) is 4.12. The van der Waals surface area contributed by atoms with Crippen LogP contribution in [-0.4, -0.2) is 17.9 Å². The summed E-state index contributed by atoms with van der Waals surface area (Å²) in [6.07, 6.45) is 4.94. The van der Waals surface area contributed by atoms with Crippen molar-refractivity contribution in [2.75, 3.05) is 6.61 Å². The van der Waals surface area contributed by atoms with E-state index in [9.17, 15) is 5.11 Å². The van der Waals surface area contributed by atoms with Gasteiger partial charge in [0.1, 0.15) is 12.0 Å². The lowest BCUT2D eigenvalue weighted by molar-refractivity contribution is 0.278. The molecular formula is C17H15NO2. The van der Waals surface area contributed by atoms with Crippen LogP contribution in [0.15, 0.2) is 66.0 Å². The molecule has 100 valence electrons. The topological polar surface area (TPSA) is 41.8 Å². The van der Waals surface area contributed by atoms with Gasteiger partial charge in [-0.3, -0.25) is 4.99 Å². The molecule has 3 heteroatoms. The van der Waals surface area contributed by atoms with E-state index in [0.29, 0.717) is 0 Å². The van der Waals surface area contributed by atoms with Crippen LogP contribution in [0.25, 0.3) is 0 Å². The number of aliphatic hydroxyl groups excluding tert-OH is 1. The number of para-hydroxylation sites is 1. The standard InChI is InChI=1S/C17H15NO2/c19-12-16(13-5-2-1-3-6-13)15-8-4-7-14-11-18-9-10-20-17(14)15/h1-11,16,19H,12H2. The molecule has 0 aliphatic carbocycles. The van der Waals surface area contributed by atoms with Crippen LogP contribution in [0.1, 0.15) is 22.6 Å². The molecule has 1 heterocycles. The minimum atomic E-state index is -0.106. The van der Waals surface area contributed by atoms with Crippen LogP contribution >= 0.6 is 0 Å². The zero-order chi connectivity index (χ0) is 13.8. The van der Waals surface area contributed by atoms with Crippen molar-refractivity contribution in [2.24, 2.45) is 4.99 Å². The Labute approximate surface area is 117 Å². The summed E-state index contributed by atoms with van der Waals surface area (Å²) < 4.78 is 5.67. The maximum atomic E-state index is 9.80. The number of aliphatic imine (C=N–C) groups is 1. The number of fused-ring (bicyclic) bond motifs is 1. The first-order valence-corrected chi connectivity index (χ1v) is 6.53. The molecule has 3 nitrogen and oxygen atoms in total. The smallest absolute Gasteiger partial charge is 0.139 e. The SMILES string of the molecule is OCC(c1ccccc1)c1cccc2c1OC=CN=C2. The van der Waals surface area contributed by atoms with Crippen LogP contribution in [-0.2, 0) is 0 Å². The Bertz CT molecular complexity index is 647. The third kappa shape index (κ3) is 2.36. The van der Waals surface area contributed by atoms with Crippen LogP contribution in [0.2, 0.25) is 0 Å². The molecule has 1 unspecified atom stereocenters. The van der Waals surface area contributed by atoms with Gasteiger partial charge < -0.3 is 9.84 Å². The molecule has 2 aromatic rings. The number of benzene rings is 2. The van der Waals surface area contributed by atoms with Gasteiger partial charge in [-0.2, -0.15) is 0 Å². The molecule has 0 saturated heterocycles. The number of aliphatic hydroxyl groups is 1. The van der Waals surface area contributed by atoms with E-state index in [2.05, 4.69) is 4.99 Å². The number of nitrogens with zero attached hydrogens (tertiary/aromatic N) is 1. The molecule has 0 spiro atoms. The van der Waals surface area contributed by atoms with Gasteiger partial charge in [-0.1, -0.05) is 42.5 Å². The van der Waals surface area contributed by atoms with Gasteiger partial charge in [0.25, 0.3) is 0 Å². The fraction of sp³-hybridized carbons (Fsp3) is 0.118. The lowest BCUT2D eigenvalue weighted by Crippen LogP contribution is -2.08. The Kier molecular flexibility index (Phi) is 3.61. The van der Waals surface area contributed by atoms with Crippen molar-refractivity contribution < 1.29 is 9.84 Å². The van der Waals surface area contributed by atoms with E-state index in [0.717, 1.165) is 22.4 Å². The highest BCUT2D eigenvalue weighted by Crippen LogP contribution is 2.34. The lowest BCUT2D eigenvalue weighted by Gasteiger charge is -2.19. The largest absolute Gasteiger partial charge is 0.462 e. The van der Waals surface area contributed by atoms with E-state index >= 15 is 0 Å². The van der Waals surface area contributed by atoms with Crippen molar-refractivity contribution >= 4 is 6.21 Å². The Balaban J connectivity index is 2.10. The van der Waals surface area contributed by atoms with Crippen LogP contribution < -0.4 is 4.74 Å². The second-order valence-corrected chi connectivity index (χ2v) is 4.59. The fourth-order valence-corrected chi connectivity index (χ4v) is 2.41. The van der Waals surface area contributed by atoms with E-state index < -0.39 is 0 Å². The van der Waals surface area contributed by atoms with Gasteiger partial charge in [0.05, 0.1) is 12.8 Å². The van der Waals surface area contributed by atoms with Crippen molar-refractivity contribution in [3.8, 4) is 5.75 Å². The molecule has 1 aliphatic rings. The molecule has 2 aromatic carbocycles. The van der Waals surface area contributed by atoms with E-state index in [4.69, 9.17) is 4.74 Å². The van der Waals surface area contributed by atoms with Crippen LogP contribution in [0.3, 0.4) is 0 Å². The molecule has 20 heavy (non-hydrogen) atoms. The second-order valence-electron chi connectivity index (χ2n) is 4.59. The highest BCUT2D eigenvalue weighted by atomic mass is 16.5. The predicted molar refractivity (Wildman–Crippen MR) is 79.2 cm³/mol. The van der Waals surface area contributed by atoms with Gasteiger partial charge in [-0.15, -0.1) is 0 Å². The minimum Gasteiger partial charge on any atom is -0.462 e. The van der Waals surface area contributed by atoms with Gasteiger partial charge in [0, 0.05) is 23.3 Å². The highest BCUT2D eigenvalue weighted by Gasteiger charge is 2.19. The van der Waals surface area contributed by atoms with Gasteiger partial charge in [0.15, 0.2) is 0 Å². The monoisotopic (exact) mass is 265 g/mol. The maximum Gasteiger partial charge on any atom is 0.139 e. The van der Waals surface area contributed by atoms with E-state index in [1.165, 1.54) is 0 Å². The molecule has 0 bridgehead atoms. The molecule has 1 aliphatic heterocycles. The molecule has 0 amide bonds. The Morgan fingerprint density at radius 3 is 2.70 bits per heavy atom. The third-order valence-electron chi connectivity index (χ3n) is 3.38. The quantitative estimate of drug-likeness (QED) is 0.926. The summed E-state index contributed by atoms with van der Waals surface area (Å²) >= 11 is 0. The van der Waals surface area contributed by atoms with Crippen LogP contribution in [0.4, 0.5) is 0 Å². The predicted octanol–water partition coefficient (Wildman–Crippen LogP) is 3.09. The van der Waals surface area contributed by atoms with Crippen molar-refractivity contribution in [3.05, 3.63) is 77.7 Å². The van der Waals surface area contributed by atoms with Crippen molar-refractivity contribution in [1.82, 2.24) is 0 Å². The molecular weight excluding hydrogens is 250 g/mol. The first-order valence-electron chi connectivity index (χ1n) is 6.53. The minimum absolute atomic E-state index is 0.0324. The molecule has 1 N–H and O–H groups in total. The van der Waals surface area contributed by atoms with Crippen molar-refractivity contribution in [1.29, 1.82) is 0 Å². The Morgan fingerprint density at radius 1 is 1.05 bits per heavy atom. The summed E-state index contributed by atoms with van der Waals surface area (Å²) in [5, 5.41) is 9.80. The molecule has 0 radical (unpaired) electrons. The summed E-state index contributed by atoms with van der Waals surface area (Å²) in [7, 11) is 0. The number of ether oxygens (including phenoxy) is 1. The molecule has 0 fully saturated rings. The van der Waals surface area contributed by atoms with Gasteiger partial charge >= 0.3 is 0 Å². The third-order valence-corrected chi connectivity index (χ3v) is 3.38. The van der Waals surface area contributed by atoms with Gasteiger partial charge in [0.2, 0.25) is 0 Å². The summed E-state index contributed by atoms with van der Waals surface area (Å²) in [6, 6.07) is 15.8. The average molecular weight is 265 g/mol. The van der Waals surface area contributed by atoms with E-state index in [-0.39, 0.29) is 12.5 Å². The highest BCUT2D eigenvalue weighted by molar-refractivity contribution is 5.85. The molecule has 0 saturated carbocycles. The Morgan fingerprint density at radius 2 is 1.90 bits per heavy atom. The van der Waals surface area contributed by atoms with Crippen molar-refractivity contribution in [3.63, 3.8) is 0 Å². The van der Waals surface area contributed by atoms with Crippen LogP contribution in [0, 0.1) is 0 Å². The summed E-state index contributed by atoms with van der Waals surface area (Å²) in [5.74, 6) is 0.652. The zero-order valence-electron chi connectivity index (χ0n) is 10.9. The second kappa shape index (κ2) is 5.72. The number of rotatable bonds is 3.